The van der Waals surface area contributed by atoms with Gasteiger partial charge in [-0.15, -0.1) is 0 Å². The first-order valence-electron chi connectivity index (χ1n) is 3.98. The lowest BCUT2D eigenvalue weighted by Crippen LogP contribution is -2.27. The number of ether oxygens (including phenoxy) is 1. The van der Waals surface area contributed by atoms with E-state index >= 15 is 0 Å². The molecule has 0 aliphatic rings. The molecule has 0 radical (unpaired) electrons. The fourth-order valence-corrected chi connectivity index (χ4v) is 0.740. The highest BCUT2D eigenvalue weighted by atomic mass is 16.5. The Morgan fingerprint density at radius 2 is 2.00 bits per heavy atom. The maximum Gasteiger partial charge on any atom is 0.218 e. The van der Waals surface area contributed by atoms with Gasteiger partial charge in [0.15, 0.2) is 5.96 Å². The predicted molar refractivity (Wildman–Crippen MR) is 53.4 cm³/mol. The maximum absolute atomic E-state index is 5.41. The third kappa shape index (κ3) is 7.07. The minimum atomic E-state index is -0.0832. The van der Waals surface area contributed by atoms with E-state index in [4.69, 9.17) is 21.9 Å². The molecule has 0 saturated carbocycles. The van der Waals surface area contributed by atoms with Gasteiger partial charge in [0.2, 0.25) is 5.96 Å². The van der Waals surface area contributed by atoms with Crippen LogP contribution >= 0.6 is 0 Å². The molecule has 13 heavy (non-hydrogen) atoms. The van der Waals surface area contributed by atoms with Crippen molar-refractivity contribution in [3.63, 3.8) is 0 Å². The number of aliphatic imine (C=N–C) groups is 2. The van der Waals surface area contributed by atoms with Crippen LogP contribution in [0.5, 0.6) is 0 Å². The molecule has 6 N–H and O–H groups in total. The molecule has 0 spiro atoms. The van der Waals surface area contributed by atoms with Crippen LogP contribution in [0.15, 0.2) is 9.98 Å². The Kier molecular flexibility index (Phi) is 5.62. The quantitative estimate of drug-likeness (QED) is 0.387. The standard InChI is InChI=1S/C7H17N5O/c1-5(3-4-13-2)11-7(10)12-6(8)9/h5H,3-4H2,1-2H3,(H6,8,9,10,11,12). The molecule has 0 saturated heterocycles. The Morgan fingerprint density at radius 3 is 2.46 bits per heavy atom. The van der Waals surface area contributed by atoms with E-state index < -0.39 is 0 Å². The van der Waals surface area contributed by atoms with Gasteiger partial charge in [0, 0.05) is 13.7 Å². The molecule has 0 fully saturated rings. The lowest BCUT2D eigenvalue weighted by molar-refractivity contribution is 0.190. The van der Waals surface area contributed by atoms with Crippen molar-refractivity contribution in [3.8, 4) is 0 Å². The first-order chi connectivity index (χ1) is 6.06. The summed E-state index contributed by atoms with van der Waals surface area (Å²) in [6.07, 6.45) is 0.789. The van der Waals surface area contributed by atoms with Crippen molar-refractivity contribution in [2.45, 2.75) is 19.4 Å². The van der Waals surface area contributed by atoms with Crippen LogP contribution in [0.4, 0.5) is 0 Å². The Labute approximate surface area is 77.9 Å². The van der Waals surface area contributed by atoms with Crippen molar-refractivity contribution >= 4 is 11.9 Å². The molecule has 0 heterocycles. The van der Waals surface area contributed by atoms with E-state index in [9.17, 15) is 0 Å². The number of rotatable bonds is 4. The Hall–Kier alpha value is -1.30. The maximum atomic E-state index is 5.41. The average molecular weight is 187 g/mol. The lowest BCUT2D eigenvalue weighted by Gasteiger charge is -2.04. The molecular formula is C7H17N5O. The molecule has 6 heteroatoms. The Bertz CT molecular complexity index is 197. The summed E-state index contributed by atoms with van der Waals surface area (Å²) in [5.74, 6) is 0.0174. The van der Waals surface area contributed by atoms with Crippen LogP contribution in [-0.4, -0.2) is 31.7 Å². The van der Waals surface area contributed by atoms with Crippen LogP contribution in [0.1, 0.15) is 13.3 Å². The van der Waals surface area contributed by atoms with Gasteiger partial charge in [-0.2, -0.15) is 4.99 Å². The van der Waals surface area contributed by atoms with Crippen LogP contribution in [0.3, 0.4) is 0 Å². The van der Waals surface area contributed by atoms with Gasteiger partial charge >= 0.3 is 0 Å². The van der Waals surface area contributed by atoms with E-state index in [1.54, 1.807) is 7.11 Å². The topological polar surface area (TPSA) is 112 Å². The van der Waals surface area contributed by atoms with Gasteiger partial charge in [-0.3, -0.25) is 0 Å². The van der Waals surface area contributed by atoms with Crippen LogP contribution in [-0.2, 0) is 4.74 Å². The third-order valence-electron chi connectivity index (χ3n) is 1.34. The van der Waals surface area contributed by atoms with Gasteiger partial charge < -0.3 is 21.9 Å². The molecule has 0 rings (SSSR count). The lowest BCUT2D eigenvalue weighted by atomic mass is 10.3. The van der Waals surface area contributed by atoms with Crippen molar-refractivity contribution in [1.29, 1.82) is 0 Å². The molecule has 0 amide bonds. The van der Waals surface area contributed by atoms with E-state index in [1.807, 2.05) is 6.92 Å². The molecule has 76 valence electrons. The van der Waals surface area contributed by atoms with E-state index in [0.29, 0.717) is 6.61 Å². The molecule has 0 aromatic rings. The SMILES string of the molecule is COCCC(C)N=C(N)N=C(N)N. The summed E-state index contributed by atoms with van der Waals surface area (Å²) in [6, 6.07) is 0.0584. The highest BCUT2D eigenvalue weighted by Crippen LogP contribution is 1.96. The van der Waals surface area contributed by atoms with E-state index in [0.717, 1.165) is 6.42 Å². The fourth-order valence-electron chi connectivity index (χ4n) is 0.740. The second-order valence-corrected chi connectivity index (χ2v) is 2.65. The molecular weight excluding hydrogens is 170 g/mol. The minimum Gasteiger partial charge on any atom is -0.385 e. The van der Waals surface area contributed by atoms with Gasteiger partial charge in [0.1, 0.15) is 0 Å². The number of nitrogens with two attached hydrogens (primary N) is 3. The number of methoxy groups -OCH3 is 1. The van der Waals surface area contributed by atoms with Crippen LogP contribution < -0.4 is 17.2 Å². The highest BCUT2D eigenvalue weighted by Gasteiger charge is 1.99. The summed E-state index contributed by atoms with van der Waals surface area (Å²) in [5.41, 5.74) is 15.6. The summed E-state index contributed by atoms with van der Waals surface area (Å²) in [7, 11) is 1.63. The number of hydrogen-bond acceptors (Lipinski definition) is 2. The monoisotopic (exact) mass is 187 g/mol. The molecule has 0 aromatic heterocycles. The third-order valence-corrected chi connectivity index (χ3v) is 1.34. The fraction of sp³-hybridized carbons (Fsp3) is 0.714. The highest BCUT2D eigenvalue weighted by molar-refractivity contribution is 5.92. The molecule has 1 unspecified atom stereocenters. The van der Waals surface area contributed by atoms with Crippen LogP contribution in [0.25, 0.3) is 0 Å². The van der Waals surface area contributed by atoms with Crippen LogP contribution in [0, 0.1) is 0 Å². The summed E-state index contributed by atoms with van der Waals surface area (Å²) < 4.78 is 4.88. The van der Waals surface area contributed by atoms with E-state index in [1.165, 1.54) is 0 Å². The predicted octanol–water partition coefficient (Wildman–Crippen LogP) is -1.00. The number of nitrogens with zero attached hydrogens (tertiary/aromatic N) is 2. The second kappa shape index (κ2) is 6.24. The molecule has 0 aliphatic heterocycles. The summed E-state index contributed by atoms with van der Waals surface area (Å²) in [5, 5.41) is 0. The van der Waals surface area contributed by atoms with Gasteiger partial charge in [0.05, 0.1) is 6.04 Å². The zero-order chi connectivity index (χ0) is 10.3. The molecule has 0 aliphatic carbocycles. The van der Waals surface area contributed by atoms with E-state index in [2.05, 4.69) is 9.98 Å². The number of hydrogen-bond donors (Lipinski definition) is 3. The summed E-state index contributed by atoms with van der Waals surface area (Å²) >= 11 is 0. The van der Waals surface area contributed by atoms with Gasteiger partial charge in [-0.25, -0.2) is 4.99 Å². The zero-order valence-electron chi connectivity index (χ0n) is 8.03. The average Bonchev–Trinajstić information content (AvgIpc) is 1.98. The van der Waals surface area contributed by atoms with Gasteiger partial charge in [-0.1, -0.05) is 0 Å². The smallest absolute Gasteiger partial charge is 0.218 e. The normalized spacial score (nSPS) is 13.8. The van der Waals surface area contributed by atoms with Crippen molar-refractivity contribution in [2.75, 3.05) is 13.7 Å². The Morgan fingerprint density at radius 1 is 1.38 bits per heavy atom. The summed E-state index contributed by atoms with van der Waals surface area (Å²) in [4.78, 5) is 7.61. The largest absolute Gasteiger partial charge is 0.385 e. The van der Waals surface area contributed by atoms with Crippen molar-refractivity contribution < 1.29 is 4.74 Å². The van der Waals surface area contributed by atoms with Gasteiger partial charge in [0.25, 0.3) is 0 Å². The molecule has 0 bridgehead atoms. The van der Waals surface area contributed by atoms with Gasteiger partial charge in [-0.05, 0) is 13.3 Å². The minimum absolute atomic E-state index is 0.0584. The van der Waals surface area contributed by atoms with Crippen LogP contribution in [0.2, 0.25) is 0 Å². The number of guanidine groups is 2. The van der Waals surface area contributed by atoms with Crippen molar-refractivity contribution in [3.05, 3.63) is 0 Å². The van der Waals surface area contributed by atoms with E-state index in [-0.39, 0.29) is 18.0 Å². The molecule has 1 atom stereocenters. The molecule has 0 aromatic carbocycles. The summed E-state index contributed by atoms with van der Waals surface area (Å²) in [6.45, 7) is 2.55. The Balaban J connectivity index is 3.98. The zero-order valence-corrected chi connectivity index (χ0v) is 8.03. The van der Waals surface area contributed by atoms with Crippen molar-refractivity contribution in [2.24, 2.45) is 27.2 Å². The first-order valence-corrected chi connectivity index (χ1v) is 3.98. The molecule has 6 nitrogen and oxygen atoms in total. The van der Waals surface area contributed by atoms with Crippen molar-refractivity contribution in [1.82, 2.24) is 0 Å². The first kappa shape index (κ1) is 11.7. The second-order valence-electron chi connectivity index (χ2n) is 2.65.